The van der Waals surface area contributed by atoms with Crippen molar-refractivity contribution < 1.29 is 13.6 Å². The molecule has 0 spiro atoms. The van der Waals surface area contributed by atoms with E-state index in [-0.39, 0.29) is 17.8 Å². The van der Waals surface area contributed by atoms with Crippen LogP contribution in [0.4, 0.5) is 8.78 Å². The molecule has 2 atom stereocenters. The highest BCUT2D eigenvalue weighted by molar-refractivity contribution is 5.90. The Kier molecular flexibility index (Phi) is 4.77. The number of benzene rings is 1. The predicted molar refractivity (Wildman–Crippen MR) is 79.1 cm³/mol. The van der Waals surface area contributed by atoms with Crippen LogP contribution in [0.15, 0.2) is 18.2 Å². The maximum absolute atomic E-state index is 13.8. The molecule has 0 saturated heterocycles. The van der Waals surface area contributed by atoms with Crippen LogP contribution >= 0.6 is 0 Å². The lowest BCUT2D eigenvalue weighted by atomic mass is 9.72. The fourth-order valence-electron chi connectivity index (χ4n) is 3.45. The highest BCUT2D eigenvalue weighted by Gasteiger charge is 2.43. The SMILES string of the molecule is CC1CCCC(C(=O)Cc2cc(F)ccc2F)(N(C)C)C1. The summed E-state index contributed by atoms with van der Waals surface area (Å²) in [6.45, 7) is 2.15. The molecule has 1 aromatic carbocycles. The zero-order chi connectivity index (χ0) is 15.6. The van der Waals surface area contributed by atoms with Crippen LogP contribution in [-0.4, -0.2) is 30.3 Å². The Hall–Kier alpha value is -1.29. The van der Waals surface area contributed by atoms with E-state index < -0.39 is 17.2 Å². The van der Waals surface area contributed by atoms with Crippen LogP contribution in [0.2, 0.25) is 0 Å². The summed E-state index contributed by atoms with van der Waals surface area (Å²) < 4.78 is 27.0. The van der Waals surface area contributed by atoms with Crippen molar-refractivity contribution in [1.29, 1.82) is 0 Å². The molecule has 21 heavy (non-hydrogen) atoms. The van der Waals surface area contributed by atoms with E-state index in [4.69, 9.17) is 0 Å². The molecule has 1 aliphatic carbocycles. The molecule has 1 aliphatic rings. The van der Waals surface area contributed by atoms with E-state index in [1.54, 1.807) is 0 Å². The average Bonchev–Trinajstić information content (AvgIpc) is 2.42. The fraction of sp³-hybridized carbons (Fsp3) is 0.588. The number of likely N-dealkylation sites (N-methyl/N-ethyl adjacent to an activating group) is 1. The van der Waals surface area contributed by atoms with Crippen molar-refractivity contribution in [3.05, 3.63) is 35.4 Å². The van der Waals surface area contributed by atoms with Crippen LogP contribution < -0.4 is 0 Å². The van der Waals surface area contributed by atoms with Crippen LogP contribution in [0.25, 0.3) is 0 Å². The third-order valence-electron chi connectivity index (χ3n) is 4.71. The van der Waals surface area contributed by atoms with Gasteiger partial charge in [-0.3, -0.25) is 9.69 Å². The summed E-state index contributed by atoms with van der Waals surface area (Å²) >= 11 is 0. The molecule has 1 aromatic rings. The van der Waals surface area contributed by atoms with Gasteiger partial charge in [0.2, 0.25) is 0 Å². The highest BCUT2D eigenvalue weighted by Crippen LogP contribution is 2.37. The largest absolute Gasteiger partial charge is 0.297 e. The Morgan fingerprint density at radius 2 is 2.10 bits per heavy atom. The van der Waals surface area contributed by atoms with Gasteiger partial charge < -0.3 is 0 Å². The minimum Gasteiger partial charge on any atom is -0.297 e. The predicted octanol–water partition coefficient (Wildman–Crippen LogP) is 3.59. The standard InChI is InChI=1S/C17H23F2NO/c1-12-5-4-8-17(11-12,20(2)3)16(21)10-13-9-14(18)6-7-15(13)19/h6-7,9,12H,4-5,8,10-11H2,1-3H3. The molecule has 0 N–H and O–H groups in total. The number of Topliss-reactive ketones (excluding diaryl/α,β-unsaturated/α-hetero) is 1. The number of hydrogen-bond acceptors (Lipinski definition) is 2. The second-order valence-corrected chi connectivity index (χ2v) is 6.46. The first-order chi connectivity index (χ1) is 9.85. The van der Waals surface area contributed by atoms with Gasteiger partial charge in [0.25, 0.3) is 0 Å². The highest BCUT2D eigenvalue weighted by atomic mass is 19.1. The van der Waals surface area contributed by atoms with Crippen molar-refractivity contribution in [2.45, 2.75) is 44.6 Å². The maximum Gasteiger partial charge on any atom is 0.157 e. The molecule has 2 unspecified atom stereocenters. The van der Waals surface area contributed by atoms with Gasteiger partial charge in [0, 0.05) is 6.42 Å². The van der Waals surface area contributed by atoms with Crippen LogP contribution in [0.3, 0.4) is 0 Å². The molecule has 0 bridgehead atoms. The maximum atomic E-state index is 13.8. The molecule has 2 rings (SSSR count). The van der Waals surface area contributed by atoms with E-state index in [9.17, 15) is 13.6 Å². The van der Waals surface area contributed by atoms with Gasteiger partial charge in [-0.05, 0) is 56.6 Å². The van der Waals surface area contributed by atoms with Gasteiger partial charge >= 0.3 is 0 Å². The molecule has 0 radical (unpaired) electrons. The van der Waals surface area contributed by atoms with Gasteiger partial charge in [-0.2, -0.15) is 0 Å². The lowest BCUT2D eigenvalue weighted by molar-refractivity contribution is -0.132. The summed E-state index contributed by atoms with van der Waals surface area (Å²) in [5, 5.41) is 0. The zero-order valence-corrected chi connectivity index (χ0v) is 13.0. The summed E-state index contributed by atoms with van der Waals surface area (Å²) in [4.78, 5) is 14.8. The van der Waals surface area contributed by atoms with Crippen molar-refractivity contribution in [3.63, 3.8) is 0 Å². The van der Waals surface area contributed by atoms with Crippen molar-refractivity contribution in [2.24, 2.45) is 5.92 Å². The second-order valence-electron chi connectivity index (χ2n) is 6.46. The quantitative estimate of drug-likeness (QED) is 0.846. The van der Waals surface area contributed by atoms with E-state index >= 15 is 0 Å². The molecule has 0 aliphatic heterocycles. The molecule has 116 valence electrons. The molecule has 0 heterocycles. The molecule has 2 nitrogen and oxygen atoms in total. The van der Waals surface area contributed by atoms with Crippen molar-refractivity contribution in [1.82, 2.24) is 4.90 Å². The summed E-state index contributed by atoms with van der Waals surface area (Å²) in [5.41, 5.74) is -0.393. The lowest BCUT2D eigenvalue weighted by Crippen LogP contribution is -2.54. The van der Waals surface area contributed by atoms with E-state index in [0.29, 0.717) is 5.92 Å². The number of carbonyl (C=O) groups is 1. The first-order valence-corrected chi connectivity index (χ1v) is 7.50. The Labute approximate surface area is 125 Å². The van der Waals surface area contributed by atoms with Crippen molar-refractivity contribution in [3.8, 4) is 0 Å². The van der Waals surface area contributed by atoms with E-state index in [1.807, 2.05) is 19.0 Å². The van der Waals surface area contributed by atoms with Crippen LogP contribution in [0.1, 0.15) is 38.2 Å². The normalized spacial score (nSPS) is 26.1. The van der Waals surface area contributed by atoms with Gasteiger partial charge in [0.15, 0.2) is 5.78 Å². The minimum absolute atomic E-state index is 0.0106. The smallest absolute Gasteiger partial charge is 0.157 e. The van der Waals surface area contributed by atoms with Crippen LogP contribution in [0.5, 0.6) is 0 Å². The molecule has 1 saturated carbocycles. The third-order valence-corrected chi connectivity index (χ3v) is 4.71. The summed E-state index contributed by atoms with van der Waals surface area (Å²) in [6.07, 6.45) is 3.65. The topological polar surface area (TPSA) is 20.3 Å². The van der Waals surface area contributed by atoms with Gasteiger partial charge in [-0.25, -0.2) is 8.78 Å². The first-order valence-electron chi connectivity index (χ1n) is 7.50. The molecule has 4 heteroatoms. The Bertz CT molecular complexity index is 530. The van der Waals surface area contributed by atoms with Crippen LogP contribution in [0, 0.1) is 17.6 Å². The summed E-state index contributed by atoms with van der Waals surface area (Å²) in [7, 11) is 3.80. The van der Waals surface area contributed by atoms with E-state index in [2.05, 4.69) is 6.92 Å². The van der Waals surface area contributed by atoms with Crippen molar-refractivity contribution in [2.75, 3.05) is 14.1 Å². The average molecular weight is 295 g/mol. The number of halogens is 2. The number of carbonyl (C=O) groups excluding carboxylic acids is 1. The van der Waals surface area contributed by atoms with Gasteiger partial charge in [0.05, 0.1) is 5.54 Å². The number of rotatable bonds is 4. The van der Waals surface area contributed by atoms with Crippen LogP contribution in [-0.2, 0) is 11.2 Å². The summed E-state index contributed by atoms with van der Waals surface area (Å²) in [5.74, 6) is -0.552. The van der Waals surface area contributed by atoms with Gasteiger partial charge in [-0.15, -0.1) is 0 Å². The number of hydrogen-bond donors (Lipinski definition) is 0. The molecular weight excluding hydrogens is 272 g/mol. The zero-order valence-electron chi connectivity index (χ0n) is 13.0. The van der Waals surface area contributed by atoms with Crippen molar-refractivity contribution >= 4 is 5.78 Å². The van der Waals surface area contributed by atoms with Gasteiger partial charge in [0.1, 0.15) is 11.6 Å². The molecule has 1 fully saturated rings. The fourth-order valence-corrected chi connectivity index (χ4v) is 3.45. The minimum atomic E-state index is -0.545. The molecule has 0 aromatic heterocycles. The monoisotopic (exact) mass is 295 g/mol. The number of nitrogens with zero attached hydrogens (tertiary/aromatic N) is 1. The lowest BCUT2D eigenvalue weighted by Gasteiger charge is -2.44. The Morgan fingerprint density at radius 1 is 1.38 bits per heavy atom. The third kappa shape index (κ3) is 3.31. The van der Waals surface area contributed by atoms with E-state index in [1.165, 1.54) is 0 Å². The number of ketones is 1. The molecule has 0 amide bonds. The Morgan fingerprint density at radius 3 is 2.71 bits per heavy atom. The Balaban J connectivity index is 2.25. The summed E-state index contributed by atoms with van der Waals surface area (Å²) in [6, 6.07) is 3.29. The molecular formula is C17H23F2NO. The first kappa shape index (κ1) is 16.1. The van der Waals surface area contributed by atoms with E-state index in [0.717, 1.165) is 43.9 Å². The van der Waals surface area contributed by atoms with Gasteiger partial charge in [-0.1, -0.05) is 19.8 Å². The second kappa shape index (κ2) is 6.22.